The molecule has 0 fully saturated rings. The number of benzene rings is 2. The standard InChI is InChI=1S/C13H9BrF3N/c14-8-5-4-7(6-11(8)17)13(18)12-9(15)2-1-3-10(12)16/h1-6,13H,18H2. The highest BCUT2D eigenvalue weighted by Gasteiger charge is 2.18. The van der Waals surface area contributed by atoms with Crippen LogP contribution in [0.3, 0.4) is 0 Å². The van der Waals surface area contributed by atoms with E-state index in [1.165, 1.54) is 18.2 Å². The molecular formula is C13H9BrF3N. The molecule has 0 aromatic heterocycles. The highest BCUT2D eigenvalue weighted by Crippen LogP contribution is 2.27. The van der Waals surface area contributed by atoms with Crippen molar-refractivity contribution in [3.63, 3.8) is 0 Å². The van der Waals surface area contributed by atoms with Crippen molar-refractivity contribution < 1.29 is 13.2 Å². The second kappa shape index (κ2) is 5.12. The summed E-state index contributed by atoms with van der Waals surface area (Å²) in [6, 6.07) is 6.56. The van der Waals surface area contributed by atoms with Crippen molar-refractivity contribution in [1.82, 2.24) is 0 Å². The third-order valence-corrected chi connectivity index (χ3v) is 3.26. The van der Waals surface area contributed by atoms with E-state index >= 15 is 0 Å². The normalized spacial score (nSPS) is 12.5. The Kier molecular flexibility index (Phi) is 3.73. The Bertz CT molecular complexity index is 566. The molecule has 0 aliphatic rings. The van der Waals surface area contributed by atoms with E-state index in [0.29, 0.717) is 5.56 Å². The molecule has 0 saturated heterocycles. The average Bonchev–Trinajstić information content (AvgIpc) is 2.32. The minimum atomic E-state index is -1.05. The topological polar surface area (TPSA) is 26.0 Å². The van der Waals surface area contributed by atoms with E-state index in [0.717, 1.165) is 18.2 Å². The van der Waals surface area contributed by atoms with Crippen LogP contribution in [0, 0.1) is 17.5 Å². The molecule has 0 spiro atoms. The largest absolute Gasteiger partial charge is 0.320 e. The number of hydrogen-bond acceptors (Lipinski definition) is 1. The van der Waals surface area contributed by atoms with Crippen LogP contribution in [-0.2, 0) is 0 Å². The SMILES string of the molecule is NC(c1ccc(Br)c(F)c1)c1c(F)cccc1F. The van der Waals surface area contributed by atoms with Crippen LogP contribution < -0.4 is 5.73 Å². The second-order valence-electron chi connectivity index (χ2n) is 3.79. The van der Waals surface area contributed by atoms with E-state index in [4.69, 9.17) is 5.73 Å². The monoisotopic (exact) mass is 315 g/mol. The maximum absolute atomic E-state index is 13.5. The number of hydrogen-bond donors (Lipinski definition) is 1. The van der Waals surface area contributed by atoms with Crippen LogP contribution in [0.2, 0.25) is 0 Å². The molecular weight excluding hydrogens is 307 g/mol. The van der Waals surface area contributed by atoms with Gasteiger partial charge in [-0.3, -0.25) is 0 Å². The van der Waals surface area contributed by atoms with E-state index in [-0.39, 0.29) is 10.0 Å². The molecule has 0 bridgehead atoms. The minimum absolute atomic E-state index is 0.265. The van der Waals surface area contributed by atoms with Crippen molar-refractivity contribution in [2.75, 3.05) is 0 Å². The first-order chi connectivity index (χ1) is 8.50. The van der Waals surface area contributed by atoms with Crippen molar-refractivity contribution in [2.45, 2.75) is 6.04 Å². The van der Waals surface area contributed by atoms with E-state index in [9.17, 15) is 13.2 Å². The lowest BCUT2D eigenvalue weighted by atomic mass is 9.98. The van der Waals surface area contributed by atoms with Gasteiger partial charge >= 0.3 is 0 Å². The summed E-state index contributed by atoms with van der Waals surface area (Å²) in [6.07, 6.45) is 0. The number of rotatable bonds is 2. The Balaban J connectivity index is 2.48. The predicted molar refractivity (Wildman–Crippen MR) is 66.5 cm³/mol. The quantitative estimate of drug-likeness (QED) is 0.893. The molecule has 1 nitrogen and oxygen atoms in total. The van der Waals surface area contributed by atoms with Gasteiger partial charge < -0.3 is 5.73 Å². The minimum Gasteiger partial charge on any atom is -0.320 e. The molecule has 94 valence electrons. The van der Waals surface area contributed by atoms with Gasteiger partial charge in [0.25, 0.3) is 0 Å². The number of nitrogens with two attached hydrogens (primary N) is 1. The maximum Gasteiger partial charge on any atom is 0.137 e. The molecule has 2 rings (SSSR count). The van der Waals surface area contributed by atoms with Crippen LogP contribution in [0.1, 0.15) is 17.2 Å². The molecule has 0 amide bonds. The van der Waals surface area contributed by atoms with Crippen molar-refractivity contribution in [3.05, 3.63) is 69.4 Å². The summed E-state index contributed by atoms with van der Waals surface area (Å²) >= 11 is 3.00. The summed E-state index contributed by atoms with van der Waals surface area (Å²) in [6.45, 7) is 0. The summed E-state index contributed by atoms with van der Waals surface area (Å²) in [5.74, 6) is -2.02. The van der Waals surface area contributed by atoms with Crippen LogP contribution >= 0.6 is 15.9 Å². The average molecular weight is 316 g/mol. The van der Waals surface area contributed by atoms with E-state index in [2.05, 4.69) is 15.9 Å². The van der Waals surface area contributed by atoms with Gasteiger partial charge in [-0.05, 0) is 45.8 Å². The van der Waals surface area contributed by atoms with Crippen LogP contribution in [0.4, 0.5) is 13.2 Å². The zero-order valence-corrected chi connectivity index (χ0v) is 10.7. The van der Waals surface area contributed by atoms with Gasteiger partial charge in [-0.25, -0.2) is 13.2 Å². The molecule has 1 atom stereocenters. The molecule has 2 aromatic carbocycles. The molecule has 0 heterocycles. The first-order valence-electron chi connectivity index (χ1n) is 5.15. The number of halogens is 4. The Hall–Kier alpha value is -1.33. The summed E-state index contributed by atoms with van der Waals surface area (Å²) in [7, 11) is 0. The van der Waals surface area contributed by atoms with Gasteiger partial charge in [0.2, 0.25) is 0 Å². The van der Waals surface area contributed by atoms with E-state index in [1.54, 1.807) is 0 Å². The Labute approximate surface area is 111 Å². The van der Waals surface area contributed by atoms with Gasteiger partial charge in [0.1, 0.15) is 17.5 Å². The van der Waals surface area contributed by atoms with Gasteiger partial charge in [0.05, 0.1) is 10.5 Å². The zero-order chi connectivity index (χ0) is 13.3. The first-order valence-corrected chi connectivity index (χ1v) is 5.94. The van der Waals surface area contributed by atoms with Gasteiger partial charge in [0, 0.05) is 5.56 Å². The second-order valence-corrected chi connectivity index (χ2v) is 4.64. The molecule has 0 saturated carbocycles. The van der Waals surface area contributed by atoms with Gasteiger partial charge in [0.15, 0.2) is 0 Å². The molecule has 2 N–H and O–H groups in total. The highest BCUT2D eigenvalue weighted by molar-refractivity contribution is 9.10. The van der Waals surface area contributed by atoms with Gasteiger partial charge in [-0.2, -0.15) is 0 Å². The van der Waals surface area contributed by atoms with Crippen molar-refractivity contribution in [3.8, 4) is 0 Å². The van der Waals surface area contributed by atoms with Crippen molar-refractivity contribution in [1.29, 1.82) is 0 Å². The van der Waals surface area contributed by atoms with Crippen LogP contribution in [0.5, 0.6) is 0 Å². The van der Waals surface area contributed by atoms with Crippen LogP contribution in [0.25, 0.3) is 0 Å². The molecule has 18 heavy (non-hydrogen) atoms. The fraction of sp³-hybridized carbons (Fsp3) is 0.0769. The Morgan fingerprint density at radius 2 is 1.56 bits per heavy atom. The van der Waals surface area contributed by atoms with E-state index < -0.39 is 23.5 Å². The molecule has 2 aromatic rings. The van der Waals surface area contributed by atoms with Crippen molar-refractivity contribution in [2.24, 2.45) is 5.73 Å². The Morgan fingerprint density at radius 1 is 0.944 bits per heavy atom. The molecule has 5 heteroatoms. The van der Waals surface area contributed by atoms with E-state index in [1.807, 2.05) is 0 Å². The molecule has 0 aliphatic heterocycles. The summed E-state index contributed by atoms with van der Waals surface area (Å²) in [5, 5.41) is 0. The smallest absolute Gasteiger partial charge is 0.137 e. The summed E-state index contributed by atoms with van der Waals surface area (Å²) in [4.78, 5) is 0. The van der Waals surface area contributed by atoms with Crippen LogP contribution in [0.15, 0.2) is 40.9 Å². The molecule has 1 unspecified atom stereocenters. The lowest BCUT2D eigenvalue weighted by Gasteiger charge is -2.14. The zero-order valence-electron chi connectivity index (χ0n) is 9.13. The van der Waals surface area contributed by atoms with Gasteiger partial charge in [-0.15, -0.1) is 0 Å². The maximum atomic E-state index is 13.5. The lowest BCUT2D eigenvalue weighted by Crippen LogP contribution is -2.15. The van der Waals surface area contributed by atoms with Crippen LogP contribution in [-0.4, -0.2) is 0 Å². The first kappa shape index (κ1) is 13.1. The fourth-order valence-corrected chi connectivity index (χ4v) is 1.93. The van der Waals surface area contributed by atoms with Crippen molar-refractivity contribution >= 4 is 15.9 Å². The fourth-order valence-electron chi connectivity index (χ4n) is 1.68. The lowest BCUT2D eigenvalue weighted by molar-refractivity contribution is 0.542. The highest BCUT2D eigenvalue weighted by atomic mass is 79.9. The predicted octanol–water partition coefficient (Wildman–Crippen LogP) is 3.91. The molecule has 0 radical (unpaired) electrons. The molecule has 0 aliphatic carbocycles. The Morgan fingerprint density at radius 3 is 2.11 bits per heavy atom. The summed E-state index contributed by atoms with van der Waals surface area (Å²) < 4.78 is 40.7. The van der Waals surface area contributed by atoms with Gasteiger partial charge in [-0.1, -0.05) is 12.1 Å². The third-order valence-electron chi connectivity index (χ3n) is 2.61. The third kappa shape index (κ3) is 2.42. The summed E-state index contributed by atoms with van der Waals surface area (Å²) in [5.41, 5.74) is 5.82.